The van der Waals surface area contributed by atoms with Crippen molar-refractivity contribution in [2.75, 3.05) is 46.3 Å². The predicted octanol–water partition coefficient (Wildman–Crippen LogP) is -10.4. The van der Waals surface area contributed by atoms with Crippen molar-refractivity contribution in [3.63, 3.8) is 0 Å². The Bertz CT molecular complexity index is 1740. The molecule has 32 heteroatoms. The Kier molecular flexibility index (Phi) is 24.0. The second-order valence-corrected chi connectivity index (χ2v) is 19.4. The lowest BCUT2D eigenvalue weighted by Crippen LogP contribution is -2.70. The van der Waals surface area contributed by atoms with Crippen molar-refractivity contribution in [3.05, 3.63) is 0 Å². The van der Waals surface area contributed by atoms with Crippen molar-refractivity contribution in [2.45, 2.75) is 224 Å². The monoisotopic (exact) mass is 1120 g/mol. The summed E-state index contributed by atoms with van der Waals surface area (Å²) in [5.41, 5.74) is 0. The summed E-state index contributed by atoms with van der Waals surface area (Å²) in [6.45, 7) is -3.10. The largest absolute Gasteiger partial charge is 0.394 e. The fourth-order valence-electron chi connectivity index (χ4n) is 9.72. The number of carbonyl (C=O) groups excluding carboxylic acids is 1. The molecule has 6 fully saturated rings. The minimum Gasteiger partial charge on any atom is -0.394 e. The van der Waals surface area contributed by atoms with E-state index < -0.39 is 230 Å². The lowest BCUT2D eigenvalue weighted by Gasteiger charge is -2.51. The molecule has 31 nitrogen and oxygen atoms in total. The van der Waals surface area contributed by atoms with E-state index in [9.17, 15) is 96.0 Å². The van der Waals surface area contributed by atoms with E-state index in [-0.39, 0.29) is 6.61 Å². The summed E-state index contributed by atoms with van der Waals surface area (Å²) in [5, 5.41) is 186. The third kappa shape index (κ3) is 14.1. The first-order chi connectivity index (χ1) is 36.2. The zero-order valence-electron chi connectivity index (χ0n) is 41.4. The molecular formula is C44H76FNO30. The molecule has 6 heterocycles. The van der Waals surface area contributed by atoms with Crippen LogP contribution in [-0.4, -0.2) is 323 Å². The van der Waals surface area contributed by atoms with Gasteiger partial charge < -0.3 is 149 Å². The molecule has 18 N–H and O–H groups in total. The van der Waals surface area contributed by atoms with Gasteiger partial charge in [-0.1, -0.05) is 26.2 Å². The van der Waals surface area contributed by atoms with Gasteiger partial charge in [-0.2, -0.15) is 0 Å². The molecule has 0 aromatic rings. The van der Waals surface area contributed by atoms with E-state index in [1.54, 1.807) is 0 Å². The Morgan fingerprint density at radius 3 is 1.34 bits per heavy atom. The standard InChI is InChI=1S/C44H76FNO30/c1-3-4-5-6-7-65-40-31(62)28(59)34(19(12-50)70-40)72-42-32(63)29(60)35(20(13-51)71-42)73-43-33(64)37(25(56)18(11-49)68-43)75-39-21(46-14(2)52)36(24(55)17(10-48)67-39)74-44-38(27(58)23(54)16(9-47)69-44)76-41-30(61)26(57)22(53)15(8-45)66-41/h15-44,47-51,53-64H,3-13H2,1-2H3,(H,46,52)/t15?,16?,17?,18?,19?,20?,21?,22-,23+,24+,25+,26+,27+,28-,29-,30?,31?,32?,33?,34-,35+,36-,37+,38?,39+,40-,41+,42+,43-,44+/m1/s1. The molecule has 12 unspecified atom stereocenters. The second kappa shape index (κ2) is 28.8. The number of carbonyl (C=O) groups is 1. The van der Waals surface area contributed by atoms with Crippen LogP contribution in [0, 0.1) is 0 Å². The van der Waals surface area contributed by atoms with Gasteiger partial charge in [-0.05, 0) is 6.42 Å². The molecule has 6 saturated heterocycles. The van der Waals surface area contributed by atoms with Crippen LogP contribution >= 0.6 is 0 Å². The molecular weight excluding hydrogens is 1040 g/mol. The van der Waals surface area contributed by atoms with Crippen LogP contribution in [0.2, 0.25) is 0 Å². The third-order valence-electron chi connectivity index (χ3n) is 14.1. The summed E-state index contributed by atoms with van der Waals surface area (Å²) in [6.07, 6.45) is -52.1. The minimum atomic E-state index is -2.23. The van der Waals surface area contributed by atoms with Crippen LogP contribution in [0.3, 0.4) is 0 Å². The molecule has 0 aliphatic carbocycles. The highest BCUT2D eigenvalue weighted by molar-refractivity contribution is 5.73. The average molecular weight is 1120 g/mol. The average Bonchev–Trinajstić information content (AvgIpc) is 3.40. The van der Waals surface area contributed by atoms with Gasteiger partial charge in [-0.15, -0.1) is 0 Å². The van der Waals surface area contributed by atoms with E-state index in [1.165, 1.54) is 0 Å². The van der Waals surface area contributed by atoms with Gasteiger partial charge >= 0.3 is 0 Å². The normalized spacial score (nSPS) is 48.4. The number of ether oxygens (including phenoxy) is 12. The van der Waals surface area contributed by atoms with E-state index in [1.807, 2.05) is 6.92 Å². The second-order valence-electron chi connectivity index (χ2n) is 19.4. The molecule has 0 aromatic carbocycles. The Hall–Kier alpha value is -1.76. The molecule has 444 valence electrons. The number of nitrogens with one attached hydrogen (secondary N) is 1. The number of unbranched alkanes of at least 4 members (excludes halogenated alkanes) is 3. The van der Waals surface area contributed by atoms with E-state index in [2.05, 4.69) is 5.32 Å². The number of aliphatic hydroxyl groups excluding tert-OH is 17. The van der Waals surface area contributed by atoms with Crippen LogP contribution in [-0.2, 0) is 61.6 Å². The Balaban J connectivity index is 1.20. The Morgan fingerprint density at radius 2 is 0.803 bits per heavy atom. The summed E-state index contributed by atoms with van der Waals surface area (Å²) in [4.78, 5) is 12.8. The molecule has 0 bridgehead atoms. The van der Waals surface area contributed by atoms with Crippen molar-refractivity contribution in [1.82, 2.24) is 5.32 Å². The highest BCUT2D eigenvalue weighted by Crippen LogP contribution is 2.37. The Labute approximate surface area is 433 Å². The van der Waals surface area contributed by atoms with Gasteiger partial charge in [0.2, 0.25) is 5.91 Å². The maximum absolute atomic E-state index is 13.8. The van der Waals surface area contributed by atoms with Crippen LogP contribution in [0.15, 0.2) is 0 Å². The van der Waals surface area contributed by atoms with E-state index in [0.717, 1.165) is 26.2 Å². The summed E-state index contributed by atoms with van der Waals surface area (Å²) in [7, 11) is 0. The first kappa shape index (κ1) is 63.4. The molecule has 0 aromatic heterocycles. The summed E-state index contributed by atoms with van der Waals surface area (Å²) in [6, 6.07) is -1.83. The zero-order chi connectivity index (χ0) is 55.9. The summed E-state index contributed by atoms with van der Waals surface area (Å²) >= 11 is 0. The molecule has 0 spiro atoms. The maximum Gasteiger partial charge on any atom is 0.217 e. The highest BCUT2D eigenvalue weighted by atomic mass is 19.1. The fourth-order valence-corrected chi connectivity index (χ4v) is 9.72. The van der Waals surface area contributed by atoms with Gasteiger partial charge in [-0.3, -0.25) is 4.79 Å². The molecule has 6 aliphatic rings. The molecule has 0 radical (unpaired) electrons. The van der Waals surface area contributed by atoms with E-state index in [4.69, 9.17) is 56.8 Å². The number of alkyl halides is 1. The smallest absolute Gasteiger partial charge is 0.217 e. The van der Waals surface area contributed by atoms with Gasteiger partial charge in [-0.25, -0.2) is 4.39 Å². The fraction of sp³-hybridized carbons (Fsp3) is 0.977. The first-order valence-electron chi connectivity index (χ1n) is 25.1. The molecule has 76 heavy (non-hydrogen) atoms. The van der Waals surface area contributed by atoms with E-state index >= 15 is 0 Å². The maximum atomic E-state index is 13.8. The van der Waals surface area contributed by atoms with Crippen LogP contribution in [0.4, 0.5) is 4.39 Å². The minimum absolute atomic E-state index is 0.159. The number of amides is 1. The number of aliphatic hydroxyl groups is 17. The van der Waals surface area contributed by atoms with Crippen LogP contribution in [0.25, 0.3) is 0 Å². The quantitative estimate of drug-likeness (QED) is 0.0423. The molecule has 6 aliphatic heterocycles. The molecule has 1 amide bonds. The van der Waals surface area contributed by atoms with Crippen molar-refractivity contribution < 1.29 is 153 Å². The molecule has 30 atom stereocenters. The zero-order valence-corrected chi connectivity index (χ0v) is 41.4. The summed E-state index contributed by atoms with van der Waals surface area (Å²) in [5.74, 6) is -0.889. The topological polar surface area (TPSA) is 484 Å². The van der Waals surface area contributed by atoms with Gasteiger partial charge in [0.25, 0.3) is 0 Å². The summed E-state index contributed by atoms with van der Waals surface area (Å²) < 4.78 is 82.5. The van der Waals surface area contributed by atoms with Crippen LogP contribution in [0.1, 0.15) is 39.5 Å². The SMILES string of the molecule is CCCCCCO[C@@H]1OC(CO)[C@@H](O[C@@H]2OC(CO)[C@H](O[C@H]3OC(CO)[C@H](O)[C@H](O[C@@H]4OC(CO)[C@H](O)[C@H](O[C@@H]5OC(CO)[C@H](O)[C@H](O)C5O[C@@H]5OC(CF)[C@@H](O)[C@H](O)C5O)C4NC(C)=O)C3O)[C@H](O)C2O)[C@H](O)C1O. The first-order valence-corrected chi connectivity index (χ1v) is 25.1. The molecule has 0 saturated carbocycles. The van der Waals surface area contributed by atoms with Gasteiger partial charge in [0.05, 0.1) is 33.0 Å². The third-order valence-corrected chi connectivity index (χ3v) is 14.1. The van der Waals surface area contributed by atoms with Crippen molar-refractivity contribution in [2.24, 2.45) is 0 Å². The number of hydrogen-bond acceptors (Lipinski definition) is 30. The van der Waals surface area contributed by atoms with Crippen LogP contribution < -0.4 is 5.32 Å². The molecule has 6 rings (SSSR count). The van der Waals surface area contributed by atoms with Crippen LogP contribution in [0.5, 0.6) is 0 Å². The van der Waals surface area contributed by atoms with Crippen molar-refractivity contribution >= 4 is 5.91 Å². The Morgan fingerprint density at radius 1 is 0.408 bits per heavy atom. The van der Waals surface area contributed by atoms with Gasteiger partial charge in [0.1, 0.15) is 153 Å². The van der Waals surface area contributed by atoms with Gasteiger partial charge in [0, 0.05) is 13.5 Å². The predicted molar refractivity (Wildman–Crippen MR) is 238 cm³/mol. The van der Waals surface area contributed by atoms with E-state index in [0.29, 0.717) is 6.42 Å². The van der Waals surface area contributed by atoms with Crippen molar-refractivity contribution in [3.8, 4) is 0 Å². The highest BCUT2D eigenvalue weighted by Gasteiger charge is 2.58. The number of halogens is 1. The van der Waals surface area contributed by atoms with Gasteiger partial charge in [0.15, 0.2) is 37.7 Å². The lowest BCUT2D eigenvalue weighted by molar-refractivity contribution is -0.393. The van der Waals surface area contributed by atoms with Crippen molar-refractivity contribution in [1.29, 1.82) is 0 Å². The number of rotatable bonds is 23. The number of hydrogen-bond donors (Lipinski definition) is 18. The lowest BCUT2D eigenvalue weighted by atomic mass is 9.94.